The topological polar surface area (TPSA) is 46.5 Å². The van der Waals surface area contributed by atoms with Crippen molar-refractivity contribution in [2.75, 3.05) is 0 Å². The highest BCUT2D eigenvalue weighted by atomic mass is 16.6. The van der Waals surface area contributed by atoms with Crippen LogP contribution in [0, 0.1) is 17.8 Å². The number of hydrogen-bond donors (Lipinski definition) is 1. The lowest BCUT2D eigenvalue weighted by Gasteiger charge is -2.57. The number of ether oxygens (including phenoxy) is 1. The summed E-state index contributed by atoms with van der Waals surface area (Å²) in [7, 11) is 0. The molecule has 4 fully saturated rings. The van der Waals surface area contributed by atoms with Crippen molar-refractivity contribution in [1.29, 1.82) is 0 Å². The van der Waals surface area contributed by atoms with Gasteiger partial charge >= 0.3 is 5.97 Å². The van der Waals surface area contributed by atoms with E-state index in [4.69, 9.17) is 4.74 Å². The monoisotopic (exact) mass is 430 g/mol. The second-order valence-corrected chi connectivity index (χ2v) is 11.5. The van der Waals surface area contributed by atoms with E-state index in [-0.39, 0.29) is 11.4 Å². The van der Waals surface area contributed by atoms with Crippen LogP contribution in [-0.4, -0.2) is 16.7 Å². The van der Waals surface area contributed by atoms with Gasteiger partial charge in [0.25, 0.3) is 0 Å². The first kappa shape index (κ1) is 21.3. The third kappa shape index (κ3) is 3.87. The van der Waals surface area contributed by atoms with E-state index in [1.165, 1.54) is 49.7 Å². The second-order valence-electron chi connectivity index (χ2n) is 11.5. The Morgan fingerprint density at radius 3 is 2.06 bits per heavy atom. The van der Waals surface area contributed by atoms with Gasteiger partial charge in [0.15, 0.2) is 0 Å². The van der Waals surface area contributed by atoms with Crippen molar-refractivity contribution in [2.45, 2.75) is 70.3 Å². The zero-order valence-electron chi connectivity index (χ0n) is 19.5. The van der Waals surface area contributed by atoms with Gasteiger partial charge in [-0.1, -0.05) is 36.9 Å². The average molecular weight is 431 g/mol. The fourth-order valence-corrected chi connectivity index (χ4v) is 6.97. The molecule has 0 radical (unpaired) electrons. The van der Waals surface area contributed by atoms with Gasteiger partial charge in [0, 0.05) is 0 Å². The lowest BCUT2D eigenvalue weighted by Crippen LogP contribution is -2.48. The SMILES string of the molecule is C=C(C(=O)OC(C)(C)C)c1ccc(-c2ccc(O)cc2C23CC4CC(CC(C4)C2)C3)cc1. The number of hydrogen-bond acceptors (Lipinski definition) is 3. The predicted octanol–water partition coefficient (Wildman–Crippen LogP) is 6.88. The zero-order chi connectivity index (χ0) is 22.7. The smallest absolute Gasteiger partial charge is 0.338 e. The van der Waals surface area contributed by atoms with E-state index in [1.807, 2.05) is 39.0 Å². The highest BCUT2D eigenvalue weighted by Crippen LogP contribution is 2.62. The molecule has 4 aliphatic rings. The maximum absolute atomic E-state index is 12.4. The van der Waals surface area contributed by atoms with Crippen LogP contribution in [0.4, 0.5) is 0 Å². The predicted molar refractivity (Wildman–Crippen MR) is 128 cm³/mol. The number of esters is 1. The Morgan fingerprint density at radius 1 is 0.969 bits per heavy atom. The van der Waals surface area contributed by atoms with E-state index in [9.17, 15) is 9.90 Å². The van der Waals surface area contributed by atoms with E-state index in [0.717, 1.165) is 28.9 Å². The van der Waals surface area contributed by atoms with Crippen LogP contribution >= 0.6 is 0 Å². The molecule has 2 aromatic rings. The third-order valence-electron chi connectivity index (χ3n) is 7.80. The fourth-order valence-electron chi connectivity index (χ4n) is 6.97. The van der Waals surface area contributed by atoms with Crippen molar-refractivity contribution in [3.05, 3.63) is 60.2 Å². The summed E-state index contributed by atoms with van der Waals surface area (Å²) in [5.41, 5.74) is 4.45. The summed E-state index contributed by atoms with van der Waals surface area (Å²) < 4.78 is 5.47. The number of carbonyl (C=O) groups is 1. The minimum absolute atomic E-state index is 0.196. The van der Waals surface area contributed by atoms with Gasteiger partial charge in [-0.25, -0.2) is 4.79 Å². The van der Waals surface area contributed by atoms with Crippen LogP contribution in [0.5, 0.6) is 5.75 Å². The normalized spacial score (nSPS) is 28.5. The third-order valence-corrected chi connectivity index (χ3v) is 7.80. The lowest BCUT2D eigenvalue weighted by atomic mass is 9.47. The van der Waals surface area contributed by atoms with E-state index in [0.29, 0.717) is 11.3 Å². The Kier molecular flexibility index (Phi) is 5.00. The molecule has 0 heterocycles. The highest BCUT2D eigenvalue weighted by molar-refractivity contribution is 6.15. The van der Waals surface area contributed by atoms with Crippen molar-refractivity contribution in [1.82, 2.24) is 0 Å². The lowest BCUT2D eigenvalue weighted by molar-refractivity contribution is -0.147. The Labute approximate surface area is 191 Å². The number of aromatic hydroxyl groups is 1. The van der Waals surface area contributed by atoms with E-state index >= 15 is 0 Å². The molecule has 0 saturated heterocycles. The molecular formula is C29H34O3. The zero-order valence-corrected chi connectivity index (χ0v) is 19.5. The standard InChI is InChI=1S/C29H34O3/c1-18(27(31)32-28(2,3)4)22-5-7-23(8-6-22)25-10-9-24(30)14-26(25)29-15-19-11-20(16-29)13-21(12-19)17-29/h5-10,14,19-21,30H,1,11-13,15-17H2,2-4H3. The Morgan fingerprint density at radius 2 is 1.53 bits per heavy atom. The number of carbonyl (C=O) groups excluding carboxylic acids is 1. The van der Waals surface area contributed by atoms with Crippen molar-refractivity contribution in [2.24, 2.45) is 17.8 Å². The molecule has 0 spiro atoms. The number of phenols is 1. The van der Waals surface area contributed by atoms with Gasteiger partial charge in [-0.15, -0.1) is 0 Å². The molecule has 32 heavy (non-hydrogen) atoms. The Hall–Kier alpha value is -2.55. The van der Waals surface area contributed by atoms with Gasteiger partial charge in [-0.3, -0.25) is 0 Å². The van der Waals surface area contributed by atoms with Crippen molar-refractivity contribution in [3.63, 3.8) is 0 Å². The van der Waals surface area contributed by atoms with Crippen LogP contribution in [0.3, 0.4) is 0 Å². The van der Waals surface area contributed by atoms with Crippen LogP contribution in [0.15, 0.2) is 49.0 Å². The van der Waals surface area contributed by atoms with Gasteiger partial charge < -0.3 is 9.84 Å². The molecule has 0 aliphatic heterocycles. The molecule has 0 amide bonds. The molecule has 3 nitrogen and oxygen atoms in total. The summed E-state index contributed by atoms with van der Waals surface area (Å²) in [6, 6.07) is 13.9. The van der Waals surface area contributed by atoms with Crippen LogP contribution in [0.25, 0.3) is 16.7 Å². The van der Waals surface area contributed by atoms with Gasteiger partial charge in [-0.2, -0.15) is 0 Å². The second kappa shape index (κ2) is 7.50. The average Bonchev–Trinajstić information content (AvgIpc) is 2.71. The van der Waals surface area contributed by atoms with Crippen molar-refractivity contribution < 1.29 is 14.6 Å². The molecule has 0 unspecified atom stereocenters. The Bertz CT molecular complexity index is 1020. The van der Waals surface area contributed by atoms with E-state index < -0.39 is 5.60 Å². The van der Waals surface area contributed by atoms with Crippen LogP contribution < -0.4 is 0 Å². The van der Waals surface area contributed by atoms with Crippen LogP contribution in [0.1, 0.15) is 70.4 Å². The molecular weight excluding hydrogens is 396 g/mol. The largest absolute Gasteiger partial charge is 0.508 e. The van der Waals surface area contributed by atoms with Gasteiger partial charge in [0.05, 0.1) is 5.57 Å². The molecule has 168 valence electrons. The molecule has 4 saturated carbocycles. The maximum atomic E-state index is 12.4. The number of phenolic OH excluding ortho intramolecular Hbond substituents is 1. The first-order valence-electron chi connectivity index (χ1n) is 12.0. The van der Waals surface area contributed by atoms with Gasteiger partial charge in [0.1, 0.15) is 11.4 Å². The van der Waals surface area contributed by atoms with Gasteiger partial charge in [0.2, 0.25) is 0 Å². The summed E-state index contributed by atoms with van der Waals surface area (Å²) in [6.07, 6.45) is 7.95. The summed E-state index contributed by atoms with van der Waals surface area (Å²) >= 11 is 0. The Balaban J connectivity index is 1.46. The van der Waals surface area contributed by atoms with Crippen molar-refractivity contribution >= 4 is 11.5 Å². The van der Waals surface area contributed by atoms with Crippen LogP contribution in [-0.2, 0) is 14.9 Å². The molecule has 1 N–H and O–H groups in total. The molecule has 3 heteroatoms. The molecule has 4 aliphatic carbocycles. The van der Waals surface area contributed by atoms with Crippen molar-refractivity contribution in [3.8, 4) is 16.9 Å². The van der Waals surface area contributed by atoms with Crippen LogP contribution in [0.2, 0.25) is 0 Å². The maximum Gasteiger partial charge on any atom is 0.338 e. The molecule has 4 bridgehead atoms. The summed E-state index contributed by atoms with van der Waals surface area (Å²) in [6.45, 7) is 9.54. The highest BCUT2D eigenvalue weighted by Gasteiger charge is 2.52. The first-order chi connectivity index (χ1) is 15.1. The summed E-state index contributed by atoms with van der Waals surface area (Å²) in [5.74, 6) is 2.50. The quantitative estimate of drug-likeness (QED) is 0.425. The number of benzene rings is 2. The minimum Gasteiger partial charge on any atom is -0.508 e. The first-order valence-corrected chi connectivity index (χ1v) is 12.0. The molecule has 0 atom stereocenters. The summed E-state index contributed by atoms with van der Waals surface area (Å²) in [4.78, 5) is 12.4. The van der Waals surface area contributed by atoms with Gasteiger partial charge in [-0.05, 0) is 117 Å². The minimum atomic E-state index is -0.543. The molecule has 0 aromatic heterocycles. The molecule has 6 rings (SSSR count). The fraction of sp³-hybridized carbons (Fsp3) is 0.483. The van der Waals surface area contributed by atoms with E-state index in [1.54, 1.807) is 6.07 Å². The molecule has 2 aromatic carbocycles. The number of rotatable bonds is 4. The van der Waals surface area contributed by atoms with E-state index in [2.05, 4.69) is 24.8 Å². The summed E-state index contributed by atoms with van der Waals surface area (Å²) in [5, 5.41) is 10.4.